The highest BCUT2D eigenvalue weighted by Crippen LogP contribution is 2.54. The third-order valence-corrected chi connectivity index (χ3v) is 14.0. The number of aromatic nitrogens is 2. The molecule has 0 saturated heterocycles. The van der Waals surface area contributed by atoms with Crippen LogP contribution in [0.2, 0.25) is 0 Å². The van der Waals surface area contributed by atoms with Crippen LogP contribution < -0.4 is 14.5 Å². The maximum Gasteiger partial charge on any atom is 0.129 e. The molecule has 0 unspecified atom stereocenters. The number of nitrogens with zero attached hydrogens (tertiary/aromatic N) is 4. The minimum Gasteiger partial charge on any atom is -0.457 e. The standard InChI is InChI=1S/C56H50N4O/c1-54(2,3)38-30-39(58-35-59(49-27-15-14-26-48(49)58)52-42(36-18-10-8-11-19-36)22-16-23-43(52)37-20-12-9-13-21-37)32-41(31-38)61-40-28-29-44-45-24-17-25-46-51(45)53-47(56(6,7)55(46,4)5)34-57-60(53)50(44)33-40/h8-34H,35H2,1-7H3. The zero-order valence-electron chi connectivity index (χ0n) is 36.0. The number of hydrogen-bond donors (Lipinski definition) is 0. The predicted octanol–water partition coefficient (Wildman–Crippen LogP) is 14.9. The van der Waals surface area contributed by atoms with Gasteiger partial charge in [-0.15, -0.1) is 0 Å². The van der Waals surface area contributed by atoms with E-state index in [1.807, 2.05) is 0 Å². The second-order valence-electron chi connectivity index (χ2n) is 19.0. The second-order valence-corrected chi connectivity index (χ2v) is 19.0. The number of rotatable bonds is 6. The first-order chi connectivity index (χ1) is 29.4. The third kappa shape index (κ3) is 5.63. The molecule has 2 aromatic heterocycles. The molecule has 5 nitrogen and oxygen atoms in total. The quantitative estimate of drug-likeness (QED) is 0.157. The van der Waals surface area contributed by atoms with E-state index in [0.717, 1.165) is 28.4 Å². The summed E-state index contributed by atoms with van der Waals surface area (Å²) in [6.07, 6.45) is 2.09. The van der Waals surface area contributed by atoms with Gasteiger partial charge in [-0.2, -0.15) is 5.10 Å². The highest BCUT2D eigenvalue weighted by atomic mass is 16.5. The van der Waals surface area contributed by atoms with Crippen LogP contribution in [0.25, 0.3) is 49.4 Å². The summed E-state index contributed by atoms with van der Waals surface area (Å²) in [5.74, 6) is 1.58. The van der Waals surface area contributed by atoms with Gasteiger partial charge in [-0.3, -0.25) is 0 Å². The number of ether oxygens (including phenoxy) is 1. The van der Waals surface area contributed by atoms with Gasteiger partial charge in [0.15, 0.2) is 0 Å². The van der Waals surface area contributed by atoms with E-state index >= 15 is 0 Å². The zero-order valence-corrected chi connectivity index (χ0v) is 36.0. The molecular weight excluding hydrogens is 745 g/mol. The molecular formula is C56H50N4O. The minimum absolute atomic E-state index is 0.0576. The van der Waals surface area contributed by atoms with Gasteiger partial charge in [-0.25, -0.2) is 4.52 Å². The zero-order chi connectivity index (χ0) is 41.8. The lowest BCUT2D eigenvalue weighted by Crippen LogP contribution is -2.42. The molecule has 1 aliphatic heterocycles. The van der Waals surface area contributed by atoms with Crippen molar-refractivity contribution in [3.63, 3.8) is 0 Å². The van der Waals surface area contributed by atoms with Crippen molar-refractivity contribution in [2.45, 2.75) is 64.7 Å². The van der Waals surface area contributed by atoms with Gasteiger partial charge in [0.05, 0.1) is 34.3 Å². The molecule has 11 rings (SSSR count). The lowest BCUT2D eigenvalue weighted by molar-refractivity contribution is 0.304. The summed E-state index contributed by atoms with van der Waals surface area (Å²) in [5, 5.41) is 8.82. The van der Waals surface area contributed by atoms with Crippen LogP contribution in [-0.2, 0) is 16.2 Å². The van der Waals surface area contributed by atoms with Gasteiger partial charge in [0.2, 0.25) is 0 Å². The van der Waals surface area contributed by atoms with Crippen molar-refractivity contribution in [2.24, 2.45) is 0 Å². The van der Waals surface area contributed by atoms with Crippen LogP contribution in [0.5, 0.6) is 11.5 Å². The summed E-state index contributed by atoms with van der Waals surface area (Å²) in [5.41, 5.74) is 15.2. The SMILES string of the molecule is CC(C)(C)c1cc(Oc2ccc3c4cccc5c4c4c(cnn4c3c2)C(C)(C)C5(C)C)cc(N2CN(c3c(-c4ccccc4)cccc3-c3ccccc3)c3ccccc32)c1. The van der Waals surface area contributed by atoms with Crippen molar-refractivity contribution in [1.82, 2.24) is 9.61 Å². The number of pyridine rings is 1. The number of benzene rings is 7. The first-order valence-corrected chi connectivity index (χ1v) is 21.5. The predicted molar refractivity (Wildman–Crippen MR) is 254 cm³/mol. The fourth-order valence-corrected chi connectivity index (χ4v) is 9.96. The van der Waals surface area contributed by atoms with Crippen LogP contribution in [0.1, 0.15) is 65.2 Å². The van der Waals surface area contributed by atoms with E-state index in [9.17, 15) is 0 Å². The molecule has 300 valence electrons. The summed E-state index contributed by atoms with van der Waals surface area (Å²) >= 11 is 0. The average Bonchev–Trinajstić information content (AvgIpc) is 3.90. The van der Waals surface area contributed by atoms with Crippen molar-refractivity contribution >= 4 is 49.9 Å². The Morgan fingerprint density at radius 3 is 1.85 bits per heavy atom. The molecule has 0 N–H and O–H groups in total. The Morgan fingerprint density at radius 2 is 1.18 bits per heavy atom. The van der Waals surface area contributed by atoms with Gasteiger partial charge >= 0.3 is 0 Å². The van der Waals surface area contributed by atoms with Crippen LogP contribution in [0.3, 0.4) is 0 Å². The molecule has 1 aliphatic carbocycles. The van der Waals surface area contributed by atoms with Crippen LogP contribution in [0.4, 0.5) is 22.7 Å². The number of para-hydroxylation sites is 3. The largest absolute Gasteiger partial charge is 0.457 e. The topological polar surface area (TPSA) is 33.0 Å². The number of fused-ring (bicyclic) bond motifs is 4. The minimum atomic E-state index is -0.126. The van der Waals surface area contributed by atoms with Gasteiger partial charge < -0.3 is 14.5 Å². The Bertz CT molecular complexity index is 3130. The number of hydrogen-bond acceptors (Lipinski definition) is 4. The monoisotopic (exact) mass is 794 g/mol. The van der Waals surface area contributed by atoms with Gasteiger partial charge in [-0.05, 0) is 74.9 Å². The van der Waals surface area contributed by atoms with Crippen molar-refractivity contribution in [3.8, 4) is 33.8 Å². The maximum atomic E-state index is 6.97. The van der Waals surface area contributed by atoms with E-state index in [4.69, 9.17) is 9.84 Å². The van der Waals surface area contributed by atoms with E-state index in [2.05, 4.69) is 227 Å². The van der Waals surface area contributed by atoms with Gasteiger partial charge in [0.25, 0.3) is 0 Å². The Morgan fingerprint density at radius 1 is 0.557 bits per heavy atom. The Balaban J connectivity index is 1.04. The third-order valence-electron chi connectivity index (χ3n) is 14.0. The maximum absolute atomic E-state index is 6.97. The number of anilines is 4. The second kappa shape index (κ2) is 13.3. The van der Waals surface area contributed by atoms with Crippen molar-refractivity contribution in [2.75, 3.05) is 16.5 Å². The molecule has 7 aromatic carbocycles. The highest BCUT2D eigenvalue weighted by molar-refractivity contribution is 6.16. The first kappa shape index (κ1) is 37.2. The highest BCUT2D eigenvalue weighted by Gasteiger charge is 2.46. The molecule has 0 fully saturated rings. The summed E-state index contributed by atoms with van der Waals surface area (Å²) in [6, 6.07) is 57.1. The Labute approximate surface area is 358 Å². The summed E-state index contributed by atoms with van der Waals surface area (Å²) in [4.78, 5) is 4.93. The van der Waals surface area contributed by atoms with Gasteiger partial charge in [0, 0.05) is 50.7 Å². The van der Waals surface area contributed by atoms with Gasteiger partial charge in [-0.1, -0.05) is 158 Å². The van der Waals surface area contributed by atoms with E-state index in [1.165, 1.54) is 72.0 Å². The molecule has 0 spiro atoms. The van der Waals surface area contributed by atoms with Crippen LogP contribution >= 0.6 is 0 Å². The van der Waals surface area contributed by atoms with Crippen LogP contribution in [0, 0.1) is 0 Å². The molecule has 0 saturated carbocycles. The Kier molecular flexibility index (Phi) is 8.12. The summed E-state index contributed by atoms with van der Waals surface area (Å²) in [6.45, 7) is 16.9. The molecule has 3 heterocycles. The summed E-state index contributed by atoms with van der Waals surface area (Å²) in [7, 11) is 0. The summed E-state index contributed by atoms with van der Waals surface area (Å²) < 4.78 is 9.13. The smallest absolute Gasteiger partial charge is 0.129 e. The van der Waals surface area contributed by atoms with Crippen molar-refractivity contribution < 1.29 is 4.74 Å². The molecule has 2 aliphatic rings. The van der Waals surface area contributed by atoms with Crippen LogP contribution in [-0.4, -0.2) is 16.3 Å². The van der Waals surface area contributed by atoms with E-state index in [0.29, 0.717) is 6.67 Å². The lowest BCUT2D eigenvalue weighted by Gasteiger charge is -2.45. The Hall–Kier alpha value is -6.85. The van der Waals surface area contributed by atoms with Crippen molar-refractivity contribution in [1.29, 1.82) is 0 Å². The average molecular weight is 795 g/mol. The molecule has 0 radical (unpaired) electrons. The molecule has 61 heavy (non-hydrogen) atoms. The normalized spacial score (nSPS) is 15.3. The molecule has 0 amide bonds. The fourth-order valence-electron chi connectivity index (χ4n) is 9.96. The molecule has 0 bridgehead atoms. The molecule has 0 atom stereocenters. The van der Waals surface area contributed by atoms with E-state index < -0.39 is 0 Å². The van der Waals surface area contributed by atoms with Crippen molar-refractivity contribution in [3.05, 3.63) is 181 Å². The molecule has 9 aromatic rings. The van der Waals surface area contributed by atoms with Crippen LogP contribution in [0.15, 0.2) is 164 Å². The van der Waals surface area contributed by atoms with E-state index in [1.54, 1.807) is 0 Å². The first-order valence-electron chi connectivity index (χ1n) is 21.5. The fraction of sp³-hybridized carbons (Fsp3) is 0.196. The van der Waals surface area contributed by atoms with E-state index in [-0.39, 0.29) is 16.2 Å². The lowest BCUT2D eigenvalue weighted by atomic mass is 9.58. The molecule has 5 heteroatoms. The van der Waals surface area contributed by atoms with Gasteiger partial charge in [0.1, 0.15) is 18.2 Å².